The summed E-state index contributed by atoms with van der Waals surface area (Å²) in [7, 11) is 1.75. The van der Waals surface area contributed by atoms with Crippen LogP contribution >= 0.6 is 0 Å². The number of carbonyl (C=O) groups excluding carboxylic acids is 1. The molecule has 180 valence electrons. The number of hydrogen-bond acceptors (Lipinski definition) is 3. The number of hydrogen-bond donors (Lipinski definition) is 0. The summed E-state index contributed by atoms with van der Waals surface area (Å²) >= 11 is 0. The molecule has 5 nitrogen and oxygen atoms in total. The van der Waals surface area contributed by atoms with Gasteiger partial charge in [-0.1, -0.05) is 56.3 Å². The van der Waals surface area contributed by atoms with Crippen molar-refractivity contribution in [3.05, 3.63) is 102 Å². The van der Waals surface area contributed by atoms with Crippen molar-refractivity contribution in [2.75, 3.05) is 6.54 Å². The lowest BCUT2D eigenvalue weighted by molar-refractivity contribution is 0.0717. The number of halogens is 2. The van der Waals surface area contributed by atoms with Crippen LogP contribution in [-0.2, 0) is 13.6 Å². The fourth-order valence-corrected chi connectivity index (χ4v) is 3.92. The maximum atomic E-state index is 14.5. The van der Waals surface area contributed by atoms with E-state index in [2.05, 4.69) is 5.10 Å². The molecule has 0 aliphatic rings. The maximum Gasteiger partial charge on any atom is 0.257 e. The molecule has 1 heterocycles. The first kappa shape index (κ1) is 24.1. The lowest BCUT2D eigenvalue weighted by Crippen LogP contribution is -2.34. The molecule has 4 aromatic rings. The molecule has 0 aliphatic carbocycles. The quantitative estimate of drug-likeness (QED) is 0.294. The highest BCUT2D eigenvalue weighted by molar-refractivity contribution is 5.94. The zero-order valence-corrected chi connectivity index (χ0v) is 19.9. The number of aryl methyl sites for hydroxylation is 1. The number of rotatable bonds is 8. The van der Waals surface area contributed by atoms with Crippen molar-refractivity contribution in [3.63, 3.8) is 0 Å². The molecule has 0 saturated heterocycles. The molecule has 7 heteroatoms. The molecule has 0 spiro atoms. The van der Waals surface area contributed by atoms with E-state index in [4.69, 9.17) is 4.74 Å². The normalized spacial score (nSPS) is 11.0. The molecule has 35 heavy (non-hydrogen) atoms. The van der Waals surface area contributed by atoms with Crippen LogP contribution in [0, 0.1) is 17.6 Å². The molecule has 0 aliphatic heterocycles. The Morgan fingerprint density at radius 2 is 1.63 bits per heavy atom. The van der Waals surface area contributed by atoms with E-state index in [1.54, 1.807) is 28.8 Å². The average Bonchev–Trinajstić information content (AvgIpc) is 3.15. The third kappa shape index (κ3) is 5.57. The average molecular weight is 476 g/mol. The second-order valence-corrected chi connectivity index (χ2v) is 8.74. The summed E-state index contributed by atoms with van der Waals surface area (Å²) in [4.78, 5) is 15.1. The third-order valence-electron chi connectivity index (χ3n) is 5.49. The van der Waals surface area contributed by atoms with E-state index in [-0.39, 0.29) is 23.8 Å². The van der Waals surface area contributed by atoms with Crippen LogP contribution in [0.3, 0.4) is 0 Å². The van der Waals surface area contributed by atoms with E-state index in [1.807, 2.05) is 44.2 Å². The molecule has 4 rings (SSSR count). The number of amides is 1. The van der Waals surface area contributed by atoms with E-state index in [1.165, 1.54) is 36.4 Å². The molecule has 1 aromatic heterocycles. The highest BCUT2D eigenvalue weighted by Gasteiger charge is 2.26. The van der Waals surface area contributed by atoms with Crippen LogP contribution in [0.25, 0.3) is 11.3 Å². The van der Waals surface area contributed by atoms with Gasteiger partial charge in [-0.25, -0.2) is 13.5 Å². The molecular weight excluding hydrogens is 448 g/mol. The van der Waals surface area contributed by atoms with Crippen molar-refractivity contribution < 1.29 is 18.3 Å². The van der Waals surface area contributed by atoms with Gasteiger partial charge in [-0.3, -0.25) is 4.79 Å². The van der Waals surface area contributed by atoms with Crippen LogP contribution in [0.2, 0.25) is 0 Å². The molecule has 0 radical (unpaired) electrons. The lowest BCUT2D eigenvalue weighted by atomic mass is 10.1. The van der Waals surface area contributed by atoms with Crippen molar-refractivity contribution in [1.29, 1.82) is 0 Å². The highest BCUT2D eigenvalue weighted by Crippen LogP contribution is 2.34. The van der Waals surface area contributed by atoms with E-state index in [9.17, 15) is 13.6 Å². The predicted octanol–water partition coefficient (Wildman–Crippen LogP) is 6.46. The van der Waals surface area contributed by atoms with Crippen molar-refractivity contribution in [2.24, 2.45) is 13.0 Å². The van der Waals surface area contributed by atoms with Gasteiger partial charge in [0.2, 0.25) is 5.88 Å². The monoisotopic (exact) mass is 475 g/mol. The second-order valence-electron chi connectivity index (χ2n) is 8.74. The van der Waals surface area contributed by atoms with Gasteiger partial charge >= 0.3 is 0 Å². The Hall–Kier alpha value is -4.00. The zero-order chi connectivity index (χ0) is 24.9. The number of benzene rings is 3. The molecule has 1 amide bonds. The highest BCUT2D eigenvalue weighted by atomic mass is 19.1. The Bertz CT molecular complexity index is 1300. The number of aromatic nitrogens is 2. The Balaban J connectivity index is 1.79. The summed E-state index contributed by atoms with van der Waals surface area (Å²) in [5.74, 6) is -0.345. The van der Waals surface area contributed by atoms with Crippen LogP contribution in [0.5, 0.6) is 11.6 Å². The van der Waals surface area contributed by atoms with Crippen molar-refractivity contribution >= 4 is 5.91 Å². The third-order valence-corrected chi connectivity index (χ3v) is 5.49. The lowest BCUT2D eigenvalue weighted by Gasteiger charge is -2.25. The molecule has 3 aromatic carbocycles. The topological polar surface area (TPSA) is 47.4 Å². The minimum absolute atomic E-state index is 0.0132. The van der Waals surface area contributed by atoms with Crippen LogP contribution < -0.4 is 4.74 Å². The first-order valence-electron chi connectivity index (χ1n) is 11.4. The number of carbonyl (C=O) groups is 1. The van der Waals surface area contributed by atoms with E-state index < -0.39 is 11.7 Å². The maximum absolute atomic E-state index is 14.5. The van der Waals surface area contributed by atoms with Gasteiger partial charge in [0.15, 0.2) is 0 Å². The first-order chi connectivity index (χ1) is 16.8. The van der Waals surface area contributed by atoms with Crippen LogP contribution in [0.1, 0.15) is 29.8 Å². The van der Waals surface area contributed by atoms with Crippen LogP contribution in [0.4, 0.5) is 8.78 Å². The Morgan fingerprint density at radius 3 is 2.29 bits per heavy atom. The summed E-state index contributed by atoms with van der Waals surface area (Å²) in [6.07, 6.45) is 0. The fourth-order valence-electron chi connectivity index (χ4n) is 3.92. The SMILES string of the molecule is CC(C)CN(Cc1c(-c2ccccc2)nn(C)c1Oc1ccc(F)cc1)C(=O)c1ccccc1F. The summed E-state index contributed by atoms with van der Waals surface area (Å²) in [5, 5.41) is 4.68. The molecule has 0 saturated carbocycles. The van der Waals surface area contributed by atoms with Gasteiger partial charge in [0.1, 0.15) is 23.1 Å². The minimum Gasteiger partial charge on any atom is -0.439 e. The molecule has 0 N–H and O–H groups in total. The van der Waals surface area contributed by atoms with Crippen LogP contribution in [-0.4, -0.2) is 27.1 Å². The van der Waals surface area contributed by atoms with Gasteiger partial charge in [-0.05, 0) is 42.3 Å². The Labute approximate surface area is 203 Å². The van der Waals surface area contributed by atoms with E-state index in [0.717, 1.165) is 5.56 Å². The first-order valence-corrected chi connectivity index (χ1v) is 11.4. The van der Waals surface area contributed by atoms with Crippen LogP contribution in [0.15, 0.2) is 78.9 Å². The van der Waals surface area contributed by atoms with Gasteiger partial charge in [-0.15, -0.1) is 0 Å². The van der Waals surface area contributed by atoms with Gasteiger partial charge in [0, 0.05) is 19.2 Å². The van der Waals surface area contributed by atoms with Gasteiger partial charge < -0.3 is 9.64 Å². The van der Waals surface area contributed by atoms with Crippen molar-refractivity contribution in [3.8, 4) is 22.9 Å². The Kier molecular flexibility index (Phi) is 7.25. The minimum atomic E-state index is -0.566. The van der Waals surface area contributed by atoms with Crippen molar-refractivity contribution in [1.82, 2.24) is 14.7 Å². The molecule has 0 unspecified atom stereocenters. The van der Waals surface area contributed by atoms with Gasteiger partial charge in [0.05, 0.1) is 17.7 Å². The molecular formula is C28H27F2N3O2. The standard InChI is InChI=1S/C28H27F2N3O2/c1-19(2)17-33(27(34)23-11-7-8-12-25(23)30)18-24-26(20-9-5-4-6-10-20)31-32(3)28(24)35-22-15-13-21(29)14-16-22/h4-16,19H,17-18H2,1-3H3. The smallest absolute Gasteiger partial charge is 0.257 e. The van der Waals surface area contributed by atoms with Gasteiger partial charge in [0.25, 0.3) is 5.91 Å². The summed E-state index contributed by atoms with van der Waals surface area (Å²) in [6.45, 7) is 4.56. The molecule has 0 bridgehead atoms. The summed E-state index contributed by atoms with van der Waals surface area (Å²) in [6, 6.07) is 21.3. The summed E-state index contributed by atoms with van der Waals surface area (Å²) < 4.78 is 35.7. The summed E-state index contributed by atoms with van der Waals surface area (Å²) in [5.41, 5.74) is 2.20. The van der Waals surface area contributed by atoms with Gasteiger partial charge in [-0.2, -0.15) is 5.10 Å². The molecule has 0 fully saturated rings. The zero-order valence-electron chi connectivity index (χ0n) is 19.9. The number of nitrogens with zero attached hydrogens (tertiary/aromatic N) is 3. The fraction of sp³-hybridized carbons (Fsp3) is 0.214. The second kappa shape index (κ2) is 10.5. The Morgan fingerprint density at radius 1 is 0.971 bits per heavy atom. The van der Waals surface area contributed by atoms with Crippen molar-refractivity contribution in [2.45, 2.75) is 20.4 Å². The van der Waals surface area contributed by atoms with E-state index in [0.29, 0.717) is 29.4 Å². The number of ether oxygens (including phenoxy) is 1. The largest absolute Gasteiger partial charge is 0.439 e. The van der Waals surface area contributed by atoms with E-state index >= 15 is 0 Å². The predicted molar refractivity (Wildman–Crippen MR) is 131 cm³/mol. The molecule has 0 atom stereocenters.